The highest BCUT2D eigenvalue weighted by molar-refractivity contribution is 7.95. The summed E-state index contributed by atoms with van der Waals surface area (Å²) in [6.07, 6.45) is 3.45. The number of urea groups is 1. The van der Waals surface area contributed by atoms with Crippen LogP contribution >= 0.6 is 12.1 Å². The number of hydrogen-bond acceptors (Lipinski definition) is 4. The van der Waals surface area contributed by atoms with Gasteiger partial charge in [-0.3, -0.25) is 0 Å². The third kappa shape index (κ3) is 2.81. The van der Waals surface area contributed by atoms with Gasteiger partial charge in [-0.1, -0.05) is 18.2 Å². The molecule has 5 nitrogen and oxygen atoms in total. The van der Waals surface area contributed by atoms with Crippen LogP contribution in [-0.2, 0) is 0 Å². The van der Waals surface area contributed by atoms with E-state index in [1.807, 2.05) is 30.3 Å². The number of amides is 2. The number of hydrazine groups is 1. The normalized spacial score (nSPS) is 13.5. The van der Waals surface area contributed by atoms with Gasteiger partial charge in [0.1, 0.15) is 0 Å². The molecule has 1 aliphatic rings. The van der Waals surface area contributed by atoms with Crippen LogP contribution in [0, 0.1) is 0 Å². The SMILES string of the molecule is O=C(Nc1ccccc1)NN1C=CNS1. The summed E-state index contributed by atoms with van der Waals surface area (Å²) in [5.74, 6) is 0. The highest BCUT2D eigenvalue weighted by Gasteiger charge is 2.08. The Balaban J connectivity index is 1.84. The van der Waals surface area contributed by atoms with Gasteiger partial charge in [0.2, 0.25) is 0 Å². The Kier molecular flexibility index (Phi) is 2.99. The summed E-state index contributed by atoms with van der Waals surface area (Å²) in [7, 11) is 0. The van der Waals surface area contributed by atoms with E-state index in [-0.39, 0.29) is 6.03 Å². The molecule has 3 N–H and O–H groups in total. The van der Waals surface area contributed by atoms with Crippen molar-refractivity contribution >= 4 is 23.9 Å². The minimum absolute atomic E-state index is 0.276. The number of hydrogen-bond donors (Lipinski definition) is 3. The van der Waals surface area contributed by atoms with Gasteiger partial charge in [-0.2, -0.15) is 0 Å². The molecule has 15 heavy (non-hydrogen) atoms. The Labute approximate surface area is 91.8 Å². The molecule has 0 aliphatic carbocycles. The molecule has 6 heteroatoms. The molecule has 0 unspecified atom stereocenters. The van der Waals surface area contributed by atoms with E-state index in [1.54, 1.807) is 16.8 Å². The fourth-order valence-electron chi connectivity index (χ4n) is 1.06. The summed E-state index contributed by atoms with van der Waals surface area (Å²) in [6.45, 7) is 0. The molecule has 1 aliphatic heterocycles. The second-order valence-electron chi connectivity index (χ2n) is 2.78. The average molecular weight is 222 g/mol. The Morgan fingerprint density at radius 1 is 1.33 bits per heavy atom. The number of anilines is 1. The molecule has 0 radical (unpaired) electrons. The first-order valence-corrected chi connectivity index (χ1v) is 5.13. The van der Waals surface area contributed by atoms with Crippen LogP contribution in [0.4, 0.5) is 10.5 Å². The maximum atomic E-state index is 11.4. The smallest absolute Gasteiger partial charge is 0.316 e. The molecule has 2 rings (SSSR count). The lowest BCUT2D eigenvalue weighted by molar-refractivity contribution is 0.243. The summed E-state index contributed by atoms with van der Waals surface area (Å²) in [6, 6.07) is 8.99. The van der Waals surface area contributed by atoms with E-state index in [2.05, 4.69) is 15.5 Å². The van der Waals surface area contributed by atoms with Crippen LogP contribution < -0.4 is 15.5 Å². The van der Waals surface area contributed by atoms with Crippen molar-refractivity contribution in [2.75, 3.05) is 5.32 Å². The van der Waals surface area contributed by atoms with E-state index in [0.29, 0.717) is 0 Å². The number of nitrogens with zero attached hydrogens (tertiary/aromatic N) is 1. The van der Waals surface area contributed by atoms with Gasteiger partial charge in [-0.05, 0) is 12.1 Å². The monoisotopic (exact) mass is 222 g/mol. The van der Waals surface area contributed by atoms with E-state index in [9.17, 15) is 4.79 Å². The topological polar surface area (TPSA) is 56.4 Å². The lowest BCUT2D eigenvalue weighted by Gasteiger charge is -2.14. The molecule has 78 valence electrons. The zero-order chi connectivity index (χ0) is 10.5. The molecule has 2 amide bonds. The van der Waals surface area contributed by atoms with Crippen molar-refractivity contribution in [3.05, 3.63) is 42.7 Å². The lowest BCUT2D eigenvalue weighted by atomic mass is 10.3. The zero-order valence-electron chi connectivity index (χ0n) is 7.81. The van der Waals surface area contributed by atoms with Crippen LogP contribution in [0.2, 0.25) is 0 Å². The summed E-state index contributed by atoms with van der Waals surface area (Å²) >= 11 is 1.28. The molecule has 1 heterocycles. The maximum Gasteiger partial charge on any atom is 0.338 e. The fraction of sp³-hybridized carbons (Fsp3) is 0. The van der Waals surface area contributed by atoms with Crippen molar-refractivity contribution in [3.8, 4) is 0 Å². The third-order valence-electron chi connectivity index (χ3n) is 1.67. The molecule has 0 fully saturated rings. The van der Waals surface area contributed by atoms with Crippen molar-refractivity contribution < 1.29 is 4.79 Å². The van der Waals surface area contributed by atoms with Crippen LogP contribution in [0.3, 0.4) is 0 Å². The van der Waals surface area contributed by atoms with Crippen molar-refractivity contribution in [2.45, 2.75) is 0 Å². The summed E-state index contributed by atoms with van der Waals surface area (Å²) < 4.78 is 4.43. The lowest BCUT2D eigenvalue weighted by Crippen LogP contribution is -2.36. The molecule has 0 aromatic heterocycles. The highest BCUT2D eigenvalue weighted by Crippen LogP contribution is 2.09. The van der Waals surface area contributed by atoms with Gasteiger partial charge in [-0.25, -0.2) is 14.6 Å². The molecule has 1 aromatic carbocycles. The third-order valence-corrected chi connectivity index (χ3v) is 2.32. The first-order valence-electron chi connectivity index (χ1n) is 4.36. The molecule has 0 spiro atoms. The summed E-state index contributed by atoms with van der Waals surface area (Å²) in [5, 5.41) is 2.70. The first kappa shape index (κ1) is 9.72. The predicted octanol–water partition coefficient (Wildman–Crippen LogP) is 1.66. The van der Waals surface area contributed by atoms with E-state index in [1.165, 1.54) is 12.1 Å². The molecule has 1 aromatic rings. The van der Waals surface area contributed by atoms with Gasteiger partial charge < -0.3 is 10.0 Å². The number of rotatable bonds is 2. The number of nitrogens with one attached hydrogen (secondary N) is 3. The van der Waals surface area contributed by atoms with E-state index in [0.717, 1.165) is 5.69 Å². The quantitative estimate of drug-likeness (QED) is 0.666. The van der Waals surface area contributed by atoms with Crippen molar-refractivity contribution in [1.82, 2.24) is 14.6 Å². The summed E-state index contributed by atoms with van der Waals surface area (Å²) in [4.78, 5) is 11.4. The van der Waals surface area contributed by atoms with Gasteiger partial charge in [0.25, 0.3) is 0 Å². The Hall–Kier alpha value is -1.82. The van der Waals surface area contributed by atoms with Crippen LogP contribution in [0.25, 0.3) is 0 Å². The van der Waals surface area contributed by atoms with Gasteiger partial charge in [0, 0.05) is 11.9 Å². The van der Waals surface area contributed by atoms with Crippen LogP contribution in [0.15, 0.2) is 42.7 Å². The molecular formula is C9H10N4OS. The van der Waals surface area contributed by atoms with Crippen molar-refractivity contribution in [2.24, 2.45) is 0 Å². The average Bonchev–Trinajstić information content (AvgIpc) is 2.71. The van der Waals surface area contributed by atoms with E-state index in [4.69, 9.17) is 0 Å². The van der Waals surface area contributed by atoms with Gasteiger partial charge in [0.05, 0.1) is 18.3 Å². The Morgan fingerprint density at radius 3 is 2.80 bits per heavy atom. The standard InChI is InChI=1S/C9H10N4OS/c14-9(12-13-7-6-10-15-13)11-8-4-2-1-3-5-8/h1-7,10H,(H2,11,12,14). The summed E-state index contributed by atoms with van der Waals surface area (Å²) in [5.41, 5.74) is 3.38. The second-order valence-corrected chi connectivity index (χ2v) is 3.59. The largest absolute Gasteiger partial charge is 0.338 e. The molecular weight excluding hydrogens is 212 g/mol. The number of carbonyl (C=O) groups is 1. The maximum absolute atomic E-state index is 11.4. The van der Waals surface area contributed by atoms with Gasteiger partial charge in [-0.15, -0.1) is 0 Å². The minimum Gasteiger partial charge on any atom is -0.316 e. The second kappa shape index (κ2) is 4.61. The van der Waals surface area contributed by atoms with Crippen LogP contribution in [0.1, 0.15) is 0 Å². The Morgan fingerprint density at radius 2 is 2.13 bits per heavy atom. The van der Waals surface area contributed by atoms with Crippen LogP contribution in [0.5, 0.6) is 0 Å². The molecule has 0 saturated heterocycles. The van der Waals surface area contributed by atoms with E-state index < -0.39 is 0 Å². The number of benzene rings is 1. The van der Waals surface area contributed by atoms with Crippen molar-refractivity contribution in [3.63, 3.8) is 0 Å². The number of para-hydroxylation sites is 1. The highest BCUT2D eigenvalue weighted by atomic mass is 32.2. The predicted molar refractivity (Wildman–Crippen MR) is 60.3 cm³/mol. The fourth-order valence-corrected chi connectivity index (χ4v) is 1.54. The van der Waals surface area contributed by atoms with Crippen LogP contribution in [-0.4, -0.2) is 10.4 Å². The van der Waals surface area contributed by atoms with Gasteiger partial charge >= 0.3 is 6.03 Å². The molecule has 0 atom stereocenters. The van der Waals surface area contributed by atoms with Gasteiger partial charge in [0.15, 0.2) is 0 Å². The minimum atomic E-state index is -0.276. The zero-order valence-corrected chi connectivity index (χ0v) is 8.62. The molecule has 0 bridgehead atoms. The van der Waals surface area contributed by atoms with E-state index >= 15 is 0 Å². The first-order chi connectivity index (χ1) is 7.34. The molecule has 0 saturated carbocycles. The number of carbonyl (C=O) groups excluding carboxylic acids is 1. The Bertz CT molecular complexity index is 368. The van der Waals surface area contributed by atoms with Crippen molar-refractivity contribution in [1.29, 1.82) is 0 Å².